The van der Waals surface area contributed by atoms with E-state index in [1.54, 1.807) is 6.07 Å². The summed E-state index contributed by atoms with van der Waals surface area (Å²) in [4.78, 5) is 9.85. The van der Waals surface area contributed by atoms with Crippen molar-refractivity contribution in [1.29, 1.82) is 5.26 Å². The van der Waals surface area contributed by atoms with Crippen molar-refractivity contribution in [2.75, 3.05) is 18.4 Å². The minimum Gasteiger partial charge on any atom is -0.378 e. The molecule has 13 heteroatoms. The Hall–Kier alpha value is -2.88. The average molecular weight is 449 g/mol. The maximum Gasteiger partial charge on any atom is 0.416 e. The first kappa shape index (κ1) is 22.4. The van der Waals surface area contributed by atoms with Gasteiger partial charge in [0.1, 0.15) is 11.8 Å². The van der Waals surface area contributed by atoms with Crippen molar-refractivity contribution in [2.45, 2.75) is 11.1 Å². The fourth-order valence-corrected chi connectivity index (χ4v) is 3.57. The molecular weight excluding hydrogens is 437 g/mol. The first-order chi connectivity index (χ1) is 13.5. The van der Waals surface area contributed by atoms with E-state index in [0.29, 0.717) is 12.1 Å². The van der Waals surface area contributed by atoms with Crippen molar-refractivity contribution in [3.05, 3.63) is 62.7 Å². The Balaban J connectivity index is 2.06. The van der Waals surface area contributed by atoms with Crippen LogP contribution < -0.4 is 10.0 Å². The SMILES string of the molecule is N#Cc1ccc(S(=O)(=O)NCCNc2ccc(C(F)(F)F)cc2[N+](=O)[O-])cc1Cl. The highest BCUT2D eigenvalue weighted by molar-refractivity contribution is 7.89. The van der Waals surface area contributed by atoms with Crippen LogP contribution in [0.5, 0.6) is 0 Å². The Kier molecular flexibility index (Phi) is 6.68. The van der Waals surface area contributed by atoms with Crippen molar-refractivity contribution in [1.82, 2.24) is 4.72 Å². The van der Waals surface area contributed by atoms with Crippen molar-refractivity contribution in [3.63, 3.8) is 0 Å². The highest BCUT2D eigenvalue weighted by atomic mass is 35.5. The van der Waals surface area contributed by atoms with Crippen molar-refractivity contribution in [3.8, 4) is 6.07 Å². The summed E-state index contributed by atoms with van der Waals surface area (Å²) in [7, 11) is -3.98. The van der Waals surface area contributed by atoms with Crippen molar-refractivity contribution >= 4 is 33.0 Å². The second-order valence-corrected chi connectivity index (χ2v) is 7.74. The first-order valence-electron chi connectivity index (χ1n) is 7.74. The average Bonchev–Trinajstić information content (AvgIpc) is 2.64. The summed E-state index contributed by atoms with van der Waals surface area (Å²) in [6.07, 6.45) is -4.73. The normalized spacial score (nSPS) is 11.7. The van der Waals surface area contributed by atoms with Crippen LogP contribution in [0.25, 0.3) is 0 Å². The minimum atomic E-state index is -4.73. The van der Waals surface area contributed by atoms with Crippen LogP contribution >= 0.6 is 11.6 Å². The zero-order chi connectivity index (χ0) is 21.8. The molecule has 29 heavy (non-hydrogen) atoms. The van der Waals surface area contributed by atoms with Gasteiger partial charge in [-0.15, -0.1) is 0 Å². The first-order valence-corrected chi connectivity index (χ1v) is 9.60. The number of hydrogen-bond acceptors (Lipinski definition) is 6. The van der Waals surface area contributed by atoms with Gasteiger partial charge in [0.25, 0.3) is 5.69 Å². The quantitative estimate of drug-likeness (QED) is 0.379. The van der Waals surface area contributed by atoms with Crippen molar-refractivity contribution in [2.24, 2.45) is 0 Å². The zero-order valence-electron chi connectivity index (χ0n) is 14.3. The molecule has 0 radical (unpaired) electrons. The number of sulfonamides is 1. The summed E-state index contributed by atoms with van der Waals surface area (Å²) >= 11 is 5.80. The van der Waals surface area contributed by atoms with Gasteiger partial charge in [0, 0.05) is 19.2 Å². The Morgan fingerprint density at radius 2 is 1.86 bits per heavy atom. The summed E-state index contributed by atoms with van der Waals surface area (Å²) in [6, 6.07) is 7.27. The standard InChI is InChI=1S/C16H12ClF3N4O4S/c17-13-8-12(3-1-10(13)9-21)29(27,28)23-6-5-22-14-4-2-11(16(18,19)20)7-15(14)24(25)26/h1-4,7-8,22-23H,5-6H2. The highest BCUT2D eigenvalue weighted by Crippen LogP contribution is 2.34. The molecule has 0 saturated heterocycles. The molecule has 0 fully saturated rings. The largest absolute Gasteiger partial charge is 0.416 e. The number of nitrogens with zero attached hydrogens (tertiary/aromatic N) is 2. The van der Waals surface area contributed by atoms with Gasteiger partial charge in [-0.2, -0.15) is 18.4 Å². The van der Waals surface area contributed by atoms with Crippen LogP contribution in [0.2, 0.25) is 5.02 Å². The number of nitrogens with one attached hydrogen (secondary N) is 2. The van der Waals surface area contributed by atoms with Crippen LogP contribution in [0.4, 0.5) is 24.5 Å². The highest BCUT2D eigenvalue weighted by Gasteiger charge is 2.33. The molecule has 8 nitrogen and oxygen atoms in total. The Morgan fingerprint density at radius 1 is 1.17 bits per heavy atom. The third-order valence-corrected chi connectivity index (χ3v) is 5.40. The molecule has 2 aromatic rings. The van der Waals surface area contributed by atoms with Gasteiger partial charge in [0.15, 0.2) is 0 Å². The molecule has 0 aliphatic carbocycles. The molecular formula is C16H12ClF3N4O4S. The fraction of sp³-hybridized carbons (Fsp3) is 0.188. The van der Waals surface area contributed by atoms with E-state index in [9.17, 15) is 31.7 Å². The van der Waals surface area contributed by atoms with E-state index < -0.39 is 32.4 Å². The van der Waals surface area contributed by atoms with Gasteiger partial charge in [-0.25, -0.2) is 13.1 Å². The lowest BCUT2D eigenvalue weighted by molar-refractivity contribution is -0.384. The zero-order valence-corrected chi connectivity index (χ0v) is 15.9. The maximum absolute atomic E-state index is 12.7. The Bertz CT molecular complexity index is 1080. The van der Waals surface area contributed by atoms with Crippen LogP contribution in [0, 0.1) is 21.4 Å². The summed E-state index contributed by atoms with van der Waals surface area (Å²) in [5, 5.41) is 22.3. The summed E-state index contributed by atoms with van der Waals surface area (Å²) < 4.78 is 64.7. The lowest BCUT2D eigenvalue weighted by Crippen LogP contribution is -2.29. The molecule has 0 spiro atoms. The van der Waals surface area contributed by atoms with E-state index in [0.717, 1.165) is 12.1 Å². The topological polar surface area (TPSA) is 125 Å². The van der Waals surface area contributed by atoms with E-state index in [2.05, 4.69) is 10.0 Å². The van der Waals surface area contributed by atoms with E-state index in [-0.39, 0.29) is 34.3 Å². The smallest absolute Gasteiger partial charge is 0.378 e. The van der Waals surface area contributed by atoms with E-state index in [1.807, 2.05) is 0 Å². The molecule has 0 aliphatic rings. The fourth-order valence-electron chi connectivity index (χ4n) is 2.23. The minimum absolute atomic E-state index is 0.0473. The lowest BCUT2D eigenvalue weighted by atomic mass is 10.1. The molecule has 0 atom stereocenters. The van der Waals surface area contributed by atoms with E-state index in [4.69, 9.17) is 16.9 Å². The molecule has 0 bridgehead atoms. The summed E-state index contributed by atoms with van der Waals surface area (Å²) in [5.74, 6) is 0. The van der Waals surface area contributed by atoms with Crippen LogP contribution in [0.1, 0.15) is 11.1 Å². The van der Waals surface area contributed by atoms with Gasteiger partial charge in [0.2, 0.25) is 10.0 Å². The molecule has 2 aromatic carbocycles. The number of rotatable bonds is 7. The number of nitro groups is 1. The number of benzene rings is 2. The van der Waals surface area contributed by atoms with Crippen LogP contribution in [-0.4, -0.2) is 26.4 Å². The number of nitro benzene ring substituents is 1. The third-order valence-electron chi connectivity index (χ3n) is 3.63. The van der Waals surface area contributed by atoms with Gasteiger partial charge in [-0.05, 0) is 30.3 Å². The molecule has 2 rings (SSSR count). The molecule has 0 aromatic heterocycles. The molecule has 2 N–H and O–H groups in total. The van der Waals surface area contributed by atoms with Crippen LogP contribution in [0.3, 0.4) is 0 Å². The van der Waals surface area contributed by atoms with Gasteiger partial charge >= 0.3 is 6.18 Å². The predicted octanol–water partition coefficient (Wildman–Crippen LogP) is 3.53. The summed E-state index contributed by atoms with van der Waals surface area (Å²) in [5.41, 5.74) is -2.06. The predicted molar refractivity (Wildman–Crippen MR) is 97.9 cm³/mol. The van der Waals surface area contributed by atoms with Gasteiger partial charge < -0.3 is 5.32 Å². The lowest BCUT2D eigenvalue weighted by Gasteiger charge is -2.11. The number of hydrogen-bond donors (Lipinski definition) is 2. The van der Waals surface area contributed by atoms with Gasteiger partial charge in [-0.1, -0.05) is 11.6 Å². The van der Waals surface area contributed by atoms with Crippen molar-refractivity contribution < 1.29 is 26.5 Å². The Labute approximate surface area is 168 Å². The molecule has 154 valence electrons. The van der Waals surface area contributed by atoms with E-state index in [1.165, 1.54) is 12.1 Å². The molecule has 0 heterocycles. The van der Waals surface area contributed by atoms with Gasteiger partial charge in [0.05, 0.1) is 26.0 Å². The number of anilines is 1. The molecule has 0 amide bonds. The maximum atomic E-state index is 12.7. The van der Waals surface area contributed by atoms with E-state index >= 15 is 0 Å². The molecule has 0 aliphatic heterocycles. The molecule has 0 saturated carbocycles. The Morgan fingerprint density at radius 3 is 2.41 bits per heavy atom. The second-order valence-electron chi connectivity index (χ2n) is 5.56. The van der Waals surface area contributed by atoms with Gasteiger partial charge in [-0.3, -0.25) is 10.1 Å². The second kappa shape index (κ2) is 8.64. The monoisotopic (exact) mass is 448 g/mol. The van der Waals surface area contributed by atoms with Crippen LogP contribution in [-0.2, 0) is 16.2 Å². The summed E-state index contributed by atoms with van der Waals surface area (Å²) in [6.45, 7) is -0.367. The molecule has 0 unspecified atom stereocenters. The van der Waals surface area contributed by atoms with Crippen LogP contribution in [0.15, 0.2) is 41.3 Å². The number of halogens is 4. The number of nitriles is 1. The third kappa shape index (κ3) is 5.57. The number of alkyl halides is 3.